The predicted octanol–water partition coefficient (Wildman–Crippen LogP) is 3.80. The van der Waals surface area contributed by atoms with E-state index in [9.17, 15) is 13.2 Å². The topological polar surface area (TPSA) is 47.3 Å². The molecule has 1 aromatic carbocycles. The fourth-order valence-electron chi connectivity index (χ4n) is 1.61. The Morgan fingerprint density at radius 3 is 2.55 bits per heavy atom. The van der Waals surface area contributed by atoms with Crippen molar-refractivity contribution in [2.75, 3.05) is 5.32 Å². The minimum atomic E-state index is -4.73. The van der Waals surface area contributed by atoms with Gasteiger partial charge in [0.05, 0.1) is 17.9 Å². The largest absolute Gasteiger partial charge is 0.573 e. The van der Waals surface area contributed by atoms with Crippen molar-refractivity contribution in [2.24, 2.45) is 0 Å². The SMILES string of the molecule is Cc1nc(CNc2ccccc2OC(F)(F)F)oc1C. The smallest absolute Gasteiger partial charge is 0.444 e. The van der Waals surface area contributed by atoms with Crippen LogP contribution in [0.1, 0.15) is 17.3 Å². The zero-order valence-electron chi connectivity index (χ0n) is 10.9. The first-order chi connectivity index (χ1) is 9.35. The average Bonchev–Trinajstić information content (AvgIpc) is 2.66. The minimum Gasteiger partial charge on any atom is -0.444 e. The Morgan fingerprint density at radius 1 is 1.25 bits per heavy atom. The van der Waals surface area contributed by atoms with Crippen LogP contribution in [0.2, 0.25) is 0 Å². The second-order valence-corrected chi connectivity index (χ2v) is 4.15. The van der Waals surface area contributed by atoms with Gasteiger partial charge in [0.1, 0.15) is 5.76 Å². The van der Waals surface area contributed by atoms with Crippen LogP contribution in [0.5, 0.6) is 5.75 Å². The molecule has 0 atom stereocenters. The summed E-state index contributed by atoms with van der Waals surface area (Å²) in [5.74, 6) is 0.795. The molecule has 1 aromatic heterocycles. The summed E-state index contributed by atoms with van der Waals surface area (Å²) in [5, 5.41) is 2.81. The van der Waals surface area contributed by atoms with Gasteiger partial charge in [-0.25, -0.2) is 4.98 Å². The van der Waals surface area contributed by atoms with Crippen LogP contribution in [0.25, 0.3) is 0 Å². The van der Waals surface area contributed by atoms with Crippen LogP contribution in [0.15, 0.2) is 28.7 Å². The summed E-state index contributed by atoms with van der Waals surface area (Å²) >= 11 is 0. The Hall–Kier alpha value is -2.18. The third kappa shape index (κ3) is 3.66. The first-order valence-electron chi connectivity index (χ1n) is 5.87. The van der Waals surface area contributed by atoms with Gasteiger partial charge in [-0.2, -0.15) is 0 Å². The first-order valence-corrected chi connectivity index (χ1v) is 5.87. The summed E-state index contributed by atoms with van der Waals surface area (Å²) in [6.07, 6.45) is -4.73. The van der Waals surface area contributed by atoms with E-state index in [0.29, 0.717) is 11.7 Å². The highest BCUT2D eigenvalue weighted by Crippen LogP contribution is 2.30. The van der Waals surface area contributed by atoms with Gasteiger partial charge in [-0.05, 0) is 26.0 Å². The van der Waals surface area contributed by atoms with Gasteiger partial charge in [-0.1, -0.05) is 12.1 Å². The minimum absolute atomic E-state index is 0.174. The Labute approximate surface area is 113 Å². The van der Waals surface area contributed by atoms with Crippen LogP contribution in [0.4, 0.5) is 18.9 Å². The Kier molecular flexibility index (Phi) is 3.87. The van der Waals surface area contributed by atoms with Crippen molar-refractivity contribution in [3.8, 4) is 5.75 Å². The second-order valence-electron chi connectivity index (χ2n) is 4.15. The Balaban J connectivity index is 2.09. The van der Waals surface area contributed by atoms with Crippen molar-refractivity contribution in [3.05, 3.63) is 41.6 Å². The number of benzene rings is 1. The molecule has 0 spiro atoms. The summed E-state index contributed by atoms with van der Waals surface area (Å²) in [5.41, 5.74) is 0.972. The number of anilines is 1. The van der Waals surface area contributed by atoms with Crippen LogP contribution in [-0.4, -0.2) is 11.3 Å². The molecule has 7 heteroatoms. The maximum Gasteiger partial charge on any atom is 0.573 e. The number of rotatable bonds is 4. The second kappa shape index (κ2) is 5.44. The zero-order chi connectivity index (χ0) is 14.8. The van der Waals surface area contributed by atoms with Crippen LogP contribution in [0, 0.1) is 13.8 Å². The van der Waals surface area contributed by atoms with Crippen molar-refractivity contribution in [1.29, 1.82) is 0 Å². The summed E-state index contributed by atoms with van der Waals surface area (Å²) in [7, 11) is 0. The highest BCUT2D eigenvalue weighted by molar-refractivity contribution is 5.56. The number of hydrogen-bond donors (Lipinski definition) is 1. The van der Waals surface area contributed by atoms with Crippen molar-refractivity contribution in [2.45, 2.75) is 26.8 Å². The predicted molar refractivity (Wildman–Crippen MR) is 66.4 cm³/mol. The molecule has 0 unspecified atom stereocenters. The van der Waals surface area contributed by atoms with Crippen molar-refractivity contribution >= 4 is 5.69 Å². The fraction of sp³-hybridized carbons (Fsp3) is 0.308. The number of oxazole rings is 1. The zero-order valence-corrected chi connectivity index (χ0v) is 10.9. The molecule has 1 N–H and O–H groups in total. The maximum atomic E-state index is 12.3. The van der Waals surface area contributed by atoms with Crippen LogP contribution in [-0.2, 0) is 6.54 Å². The number of alkyl halides is 3. The van der Waals surface area contributed by atoms with E-state index in [2.05, 4.69) is 15.0 Å². The number of halogens is 3. The van der Waals surface area contributed by atoms with Gasteiger partial charge in [0.15, 0.2) is 5.75 Å². The Bertz CT molecular complexity index is 574. The molecule has 20 heavy (non-hydrogen) atoms. The van der Waals surface area contributed by atoms with Crippen molar-refractivity contribution < 1.29 is 22.3 Å². The highest BCUT2D eigenvalue weighted by Gasteiger charge is 2.32. The van der Waals surface area contributed by atoms with E-state index < -0.39 is 6.36 Å². The van der Waals surface area contributed by atoms with E-state index in [1.807, 2.05) is 0 Å². The van der Waals surface area contributed by atoms with Gasteiger partial charge in [-0.15, -0.1) is 13.2 Å². The number of aryl methyl sites for hydroxylation is 2. The molecule has 0 aliphatic carbocycles. The molecule has 0 aliphatic rings. The summed E-state index contributed by atoms with van der Waals surface area (Å²) in [6.45, 7) is 3.74. The van der Waals surface area contributed by atoms with Crippen molar-refractivity contribution in [1.82, 2.24) is 4.98 Å². The van der Waals surface area contributed by atoms with E-state index >= 15 is 0 Å². The molecular weight excluding hydrogens is 273 g/mol. The third-order valence-corrected chi connectivity index (χ3v) is 2.62. The van der Waals surface area contributed by atoms with Gasteiger partial charge in [0.25, 0.3) is 0 Å². The molecule has 0 bridgehead atoms. The lowest BCUT2D eigenvalue weighted by Crippen LogP contribution is -2.18. The molecule has 0 aliphatic heterocycles. The molecule has 0 fully saturated rings. The number of ether oxygens (including phenoxy) is 1. The van der Waals surface area contributed by atoms with E-state index in [1.165, 1.54) is 18.2 Å². The number of nitrogens with one attached hydrogen (secondary N) is 1. The normalized spacial score (nSPS) is 11.4. The van der Waals surface area contributed by atoms with E-state index in [1.54, 1.807) is 19.9 Å². The fourth-order valence-corrected chi connectivity index (χ4v) is 1.61. The Morgan fingerprint density at radius 2 is 1.95 bits per heavy atom. The molecule has 4 nitrogen and oxygen atoms in total. The standard InChI is InChI=1S/C13H13F3N2O2/c1-8-9(2)19-12(18-8)7-17-10-5-3-4-6-11(10)20-13(14,15)16/h3-6,17H,7H2,1-2H3. The first kappa shape index (κ1) is 14.2. The quantitative estimate of drug-likeness (QED) is 0.928. The lowest BCUT2D eigenvalue weighted by Gasteiger charge is -2.13. The molecular formula is C13H13F3N2O2. The summed E-state index contributed by atoms with van der Waals surface area (Å²) in [4.78, 5) is 4.14. The number of aromatic nitrogens is 1. The van der Waals surface area contributed by atoms with Gasteiger partial charge in [0, 0.05) is 0 Å². The highest BCUT2D eigenvalue weighted by atomic mass is 19.4. The number of para-hydroxylation sites is 2. The van der Waals surface area contributed by atoms with E-state index in [0.717, 1.165) is 5.69 Å². The molecule has 0 saturated heterocycles. The molecule has 0 radical (unpaired) electrons. The van der Waals surface area contributed by atoms with Crippen LogP contribution >= 0.6 is 0 Å². The van der Waals surface area contributed by atoms with E-state index in [-0.39, 0.29) is 18.0 Å². The average molecular weight is 286 g/mol. The van der Waals surface area contributed by atoms with Gasteiger partial charge in [-0.3, -0.25) is 0 Å². The lowest BCUT2D eigenvalue weighted by molar-refractivity contribution is -0.274. The maximum absolute atomic E-state index is 12.3. The van der Waals surface area contributed by atoms with Gasteiger partial charge >= 0.3 is 6.36 Å². The van der Waals surface area contributed by atoms with E-state index in [4.69, 9.17) is 4.42 Å². The third-order valence-electron chi connectivity index (χ3n) is 2.62. The number of nitrogens with zero attached hydrogens (tertiary/aromatic N) is 1. The van der Waals surface area contributed by atoms with Gasteiger partial charge in [0.2, 0.25) is 5.89 Å². The molecule has 108 valence electrons. The summed E-state index contributed by atoms with van der Waals surface area (Å²) in [6, 6.07) is 5.80. The van der Waals surface area contributed by atoms with Crippen LogP contribution < -0.4 is 10.1 Å². The summed E-state index contributed by atoms with van der Waals surface area (Å²) < 4.78 is 46.1. The monoisotopic (exact) mass is 286 g/mol. The molecule has 0 amide bonds. The lowest BCUT2D eigenvalue weighted by atomic mass is 10.3. The number of hydrogen-bond acceptors (Lipinski definition) is 4. The van der Waals surface area contributed by atoms with Gasteiger partial charge < -0.3 is 14.5 Å². The molecule has 1 heterocycles. The van der Waals surface area contributed by atoms with Crippen LogP contribution in [0.3, 0.4) is 0 Å². The molecule has 2 aromatic rings. The van der Waals surface area contributed by atoms with Crippen molar-refractivity contribution in [3.63, 3.8) is 0 Å². The molecule has 0 saturated carbocycles. The molecule has 2 rings (SSSR count).